The Kier molecular flexibility index (Phi) is 11.5. The van der Waals surface area contributed by atoms with E-state index < -0.39 is 12.2 Å². The van der Waals surface area contributed by atoms with E-state index in [1.54, 1.807) is 12.3 Å². The van der Waals surface area contributed by atoms with Gasteiger partial charge in [-0.05, 0) is 66.7 Å². The predicted octanol–water partition coefficient (Wildman–Crippen LogP) is 9.01. The monoisotopic (exact) mass is 657 g/mol. The van der Waals surface area contributed by atoms with Gasteiger partial charge in [-0.25, -0.2) is 19.7 Å². The zero-order valence-corrected chi connectivity index (χ0v) is 27.3. The number of rotatable bonds is 17. The van der Waals surface area contributed by atoms with Crippen molar-refractivity contribution in [2.45, 2.75) is 64.2 Å². The van der Waals surface area contributed by atoms with Gasteiger partial charge in [0.2, 0.25) is 11.8 Å². The molecule has 0 bridgehead atoms. The molecule has 1 saturated heterocycles. The number of nitrogens with zero attached hydrogens (tertiary/aromatic N) is 3. The Hall–Kier alpha value is -5.70. The van der Waals surface area contributed by atoms with Crippen molar-refractivity contribution >= 4 is 36.3 Å². The molecular weight excluding hydrogens is 618 g/mol. The van der Waals surface area contributed by atoms with Gasteiger partial charge in [0.05, 0.1) is 12.2 Å². The van der Waals surface area contributed by atoms with Gasteiger partial charge in [-0.3, -0.25) is 4.79 Å². The van der Waals surface area contributed by atoms with Gasteiger partial charge in [0, 0.05) is 12.2 Å². The summed E-state index contributed by atoms with van der Waals surface area (Å²) in [5.74, 6) is 1.42. The molecule has 3 heterocycles. The van der Waals surface area contributed by atoms with Crippen LogP contribution in [0, 0.1) is 0 Å². The Morgan fingerprint density at radius 2 is 1.27 bits per heavy atom. The molecule has 2 aromatic heterocycles. The van der Waals surface area contributed by atoms with Crippen LogP contribution in [0.1, 0.15) is 78.4 Å². The summed E-state index contributed by atoms with van der Waals surface area (Å²) < 4.78 is 22.3. The van der Waals surface area contributed by atoms with Crippen molar-refractivity contribution < 1.29 is 27.9 Å². The van der Waals surface area contributed by atoms with E-state index in [1.807, 2.05) is 91.0 Å². The highest BCUT2D eigenvalue weighted by Crippen LogP contribution is 2.22. The van der Waals surface area contributed by atoms with Gasteiger partial charge in [-0.1, -0.05) is 92.1 Å². The number of amides is 2. The lowest BCUT2D eigenvalue weighted by Crippen LogP contribution is -2.31. The minimum absolute atomic E-state index is 0.0276. The van der Waals surface area contributed by atoms with Crippen LogP contribution < -0.4 is 4.74 Å². The Labute approximate surface area is 285 Å². The molecule has 0 radical (unpaired) electrons. The van der Waals surface area contributed by atoms with Gasteiger partial charge in [0.15, 0.2) is 6.10 Å². The maximum Gasteiger partial charge on any atom is 0.417 e. The van der Waals surface area contributed by atoms with E-state index in [0.717, 1.165) is 66.0 Å². The first-order valence-corrected chi connectivity index (χ1v) is 16.7. The number of benzene rings is 3. The molecule has 3 aromatic carbocycles. The lowest BCUT2D eigenvalue weighted by molar-refractivity contribution is -0.130. The van der Waals surface area contributed by atoms with E-state index in [0.29, 0.717) is 30.5 Å². The Morgan fingerprint density at radius 3 is 1.94 bits per heavy atom. The average molecular weight is 658 g/mol. The zero-order chi connectivity index (χ0) is 33.7. The average Bonchev–Trinajstić information content (AvgIpc) is 3.86. The molecule has 0 saturated carbocycles. The predicted molar refractivity (Wildman–Crippen MR) is 187 cm³/mol. The molecular formula is C40H39N3O6. The van der Waals surface area contributed by atoms with Crippen LogP contribution in [0.25, 0.3) is 24.3 Å². The number of aryl methyl sites for hydroxylation is 1. The fourth-order valence-electron chi connectivity index (χ4n) is 5.49. The minimum atomic E-state index is -0.736. The standard InChI is InChI=1S/C40H39N3O6/c44-39-36(49-40(45)43(39)26-33-27-47-37(41-33)24-20-30-12-7-4-8-13-30)17-11-3-1-2-6-16-32-18-22-35(23-19-32)46-28-34-29-48-38(42-34)25-21-31-14-9-5-10-15-31/h4-5,7-10,12-15,18-25,27,29,36H,1-3,6,11,16-17,26,28H2/b24-20+,25-21+. The van der Waals surface area contributed by atoms with Gasteiger partial charge in [0.25, 0.3) is 5.91 Å². The molecule has 1 fully saturated rings. The third kappa shape index (κ3) is 9.90. The normalized spacial score (nSPS) is 14.7. The number of cyclic esters (lactones) is 1. The molecule has 0 N–H and O–H groups in total. The maximum atomic E-state index is 12.9. The van der Waals surface area contributed by atoms with E-state index in [1.165, 1.54) is 11.8 Å². The van der Waals surface area contributed by atoms with Gasteiger partial charge in [0.1, 0.15) is 30.6 Å². The van der Waals surface area contributed by atoms with Crippen LogP contribution in [-0.4, -0.2) is 33.0 Å². The number of oxazole rings is 2. The highest BCUT2D eigenvalue weighted by molar-refractivity contribution is 5.99. The second-order valence-corrected chi connectivity index (χ2v) is 11.9. The summed E-state index contributed by atoms with van der Waals surface area (Å²) in [6, 6.07) is 28.0. The SMILES string of the molecule is O=C1OC(CCCCCCCc2ccc(OCc3coc(/C=C/c4ccccc4)n3)cc2)C(=O)N1Cc1coc(/C=C/c2ccccc2)n1. The number of hydrogen-bond acceptors (Lipinski definition) is 8. The first-order valence-electron chi connectivity index (χ1n) is 16.7. The van der Waals surface area contributed by atoms with Crippen molar-refractivity contribution in [3.05, 3.63) is 137 Å². The van der Waals surface area contributed by atoms with Gasteiger partial charge in [-0.2, -0.15) is 0 Å². The third-order valence-corrected chi connectivity index (χ3v) is 8.14. The van der Waals surface area contributed by atoms with Crippen LogP contribution in [0.3, 0.4) is 0 Å². The highest BCUT2D eigenvalue weighted by atomic mass is 16.6. The Balaban J connectivity index is 0.834. The molecule has 1 aliphatic rings. The molecule has 49 heavy (non-hydrogen) atoms. The van der Waals surface area contributed by atoms with Crippen molar-refractivity contribution in [1.29, 1.82) is 0 Å². The second-order valence-electron chi connectivity index (χ2n) is 11.9. The summed E-state index contributed by atoms with van der Waals surface area (Å²) in [5, 5.41) is 0. The van der Waals surface area contributed by atoms with Gasteiger partial charge in [-0.15, -0.1) is 0 Å². The molecule has 1 unspecified atom stereocenters. The quantitative estimate of drug-likeness (QED) is 0.0912. The van der Waals surface area contributed by atoms with E-state index in [2.05, 4.69) is 22.1 Å². The fraction of sp³-hybridized carbons (Fsp3) is 0.250. The van der Waals surface area contributed by atoms with Crippen LogP contribution in [0.5, 0.6) is 5.75 Å². The van der Waals surface area contributed by atoms with Crippen molar-refractivity contribution in [3.63, 3.8) is 0 Å². The first kappa shape index (κ1) is 33.2. The topological polar surface area (TPSA) is 108 Å². The molecule has 5 aromatic rings. The summed E-state index contributed by atoms with van der Waals surface area (Å²) in [6.07, 6.45) is 15.7. The third-order valence-electron chi connectivity index (χ3n) is 8.14. The summed E-state index contributed by atoms with van der Waals surface area (Å²) in [4.78, 5) is 35.2. The number of ether oxygens (including phenoxy) is 2. The van der Waals surface area contributed by atoms with E-state index >= 15 is 0 Å². The summed E-state index contributed by atoms with van der Waals surface area (Å²) >= 11 is 0. The summed E-state index contributed by atoms with van der Waals surface area (Å²) in [5.41, 5.74) is 4.59. The molecule has 6 rings (SSSR count). The van der Waals surface area contributed by atoms with Gasteiger partial charge < -0.3 is 18.3 Å². The van der Waals surface area contributed by atoms with Crippen molar-refractivity contribution in [1.82, 2.24) is 14.9 Å². The summed E-state index contributed by atoms with van der Waals surface area (Å²) in [7, 11) is 0. The Morgan fingerprint density at radius 1 is 0.673 bits per heavy atom. The first-order chi connectivity index (χ1) is 24.1. The number of hydrogen-bond donors (Lipinski definition) is 0. The number of unbranched alkanes of at least 4 members (excludes halogenated alkanes) is 4. The van der Waals surface area contributed by atoms with E-state index in [-0.39, 0.29) is 12.5 Å². The van der Waals surface area contributed by atoms with Crippen LogP contribution in [-0.2, 0) is 29.1 Å². The molecule has 2 amide bonds. The minimum Gasteiger partial charge on any atom is -0.487 e. The summed E-state index contributed by atoms with van der Waals surface area (Å²) in [6.45, 7) is 0.362. The van der Waals surface area contributed by atoms with E-state index in [4.69, 9.17) is 18.3 Å². The fourth-order valence-corrected chi connectivity index (χ4v) is 5.49. The highest BCUT2D eigenvalue weighted by Gasteiger charge is 2.40. The molecule has 9 heteroatoms. The number of aromatic nitrogens is 2. The lowest BCUT2D eigenvalue weighted by Gasteiger charge is -2.09. The molecule has 9 nitrogen and oxygen atoms in total. The maximum absolute atomic E-state index is 12.9. The van der Waals surface area contributed by atoms with Crippen molar-refractivity contribution in [2.24, 2.45) is 0 Å². The number of imide groups is 1. The number of carbonyl (C=O) groups is 2. The van der Waals surface area contributed by atoms with E-state index in [9.17, 15) is 9.59 Å². The van der Waals surface area contributed by atoms with Crippen molar-refractivity contribution in [3.8, 4) is 5.75 Å². The zero-order valence-electron chi connectivity index (χ0n) is 27.3. The largest absolute Gasteiger partial charge is 0.487 e. The lowest BCUT2D eigenvalue weighted by atomic mass is 10.0. The second kappa shape index (κ2) is 16.9. The smallest absolute Gasteiger partial charge is 0.417 e. The molecule has 1 aliphatic heterocycles. The Bertz CT molecular complexity index is 1840. The van der Waals surface area contributed by atoms with Crippen LogP contribution in [0.2, 0.25) is 0 Å². The number of carbonyl (C=O) groups excluding carboxylic acids is 2. The van der Waals surface area contributed by atoms with Crippen molar-refractivity contribution in [2.75, 3.05) is 0 Å². The molecule has 0 aliphatic carbocycles. The van der Waals surface area contributed by atoms with Gasteiger partial charge >= 0.3 is 6.09 Å². The van der Waals surface area contributed by atoms with Crippen LogP contribution in [0.4, 0.5) is 4.79 Å². The molecule has 250 valence electrons. The molecule has 0 spiro atoms. The van der Waals surface area contributed by atoms with Crippen LogP contribution >= 0.6 is 0 Å². The molecule has 1 atom stereocenters. The van der Waals surface area contributed by atoms with Crippen LogP contribution in [0.15, 0.2) is 106 Å².